The molecule has 1 aromatic rings. The molecule has 0 radical (unpaired) electrons. The van der Waals surface area contributed by atoms with Crippen molar-refractivity contribution in [3.05, 3.63) is 47.5 Å². The van der Waals surface area contributed by atoms with E-state index in [1.165, 1.54) is 68.9 Å². The SMILES string of the molecule is C=CC[C@H]1CC[C@H](C2CCC(c3ccc(C)cc3C)CC2)CC1. The molecule has 0 saturated heterocycles. The fourth-order valence-corrected chi connectivity index (χ4v) is 5.32. The molecule has 3 rings (SSSR count). The molecule has 0 amide bonds. The summed E-state index contributed by atoms with van der Waals surface area (Å²) in [5.74, 6) is 3.80. The minimum Gasteiger partial charge on any atom is -0.103 e. The van der Waals surface area contributed by atoms with Crippen LogP contribution in [0.1, 0.15) is 80.4 Å². The summed E-state index contributed by atoms with van der Waals surface area (Å²) in [6, 6.07) is 7.06. The van der Waals surface area contributed by atoms with Crippen molar-refractivity contribution >= 4 is 0 Å². The van der Waals surface area contributed by atoms with Crippen LogP contribution in [0.4, 0.5) is 0 Å². The molecule has 2 saturated carbocycles. The van der Waals surface area contributed by atoms with Crippen LogP contribution in [-0.4, -0.2) is 0 Å². The number of benzene rings is 1. The minimum atomic E-state index is 0.823. The molecule has 2 aliphatic carbocycles. The third-order valence-electron chi connectivity index (χ3n) is 6.70. The summed E-state index contributed by atoms with van der Waals surface area (Å²) in [6.45, 7) is 8.42. The van der Waals surface area contributed by atoms with Crippen molar-refractivity contribution in [3.8, 4) is 0 Å². The van der Waals surface area contributed by atoms with Gasteiger partial charge in [0.2, 0.25) is 0 Å². The number of allylic oxidation sites excluding steroid dienone is 1. The van der Waals surface area contributed by atoms with Crippen LogP contribution < -0.4 is 0 Å². The molecule has 2 aliphatic rings. The lowest BCUT2D eigenvalue weighted by molar-refractivity contribution is 0.160. The van der Waals surface area contributed by atoms with E-state index in [9.17, 15) is 0 Å². The third kappa shape index (κ3) is 4.08. The maximum atomic E-state index is 3.91. The van der Waals surface area contributed by atoms with E-state index in [-0.39, 0.29) is 0 Å². The highest BCUT2D eigenvalue weighted by molar-refractivity contribution is 5.33. The Balaban J connectivity index is 1.52. The van der Waals surface area contributed by atoms with E-state index in [1.807, 2.05) is 0 Å². The van der Waals surface area contributed by atoms with Gasteiger partial charge in [0.1, 0.15) is 0 Å². The van der Waals surface area contributed by atoms with Gasteiger partial charge in [-0.25, -0.2) is 0 Å². The second-order valence-electron chi connectivity index (χ2n) is 8.28. The first kappa shape index (κ1) is 16.8. The Morgan fingerprint density at radius 3 is 2.09 bits per heavy atom. The predicted octanol–water partition coefficient (Wildman–Crippen LogP) is 6.96. The molecule has 0 heteroatoms. The second-order valence-corrected chi connectivity index (χ2v) is 8.28. The Kier molecular flexibility index (Phi) is 5.62. The van der Waals surface area contributed by atoms with Crippen molar-refractivity contribution in [1.82, 2.24) is 0 Å². The minimum absolute atomic E-state index is 0.823. The highest BCUT2D eigenvalue weighted by Gasteiger charge is 2.31. The first-order valence-corrected chi connectivity index (χ1v) is 9.85. The molecule has 0 heterocycles. The molecule has 2 fully saturated rings. The molecule has 0 spiro atoms. The van der Waals surface area contributed by atoms with Crippen LogP contribution in [-0.2, 0) is 0 Å². The Hall–Kier alpha value is -1.04. The molecule has 0 aromatic heterocycles. The van der Waals surface area contributed by atoms with Crippen LogP contribution >= 0.6 is 0 Å². The van der Waals surface area contributed by atoms with Crippen molar-refractivity contribution in [2.75, 3.05) is 0 Å². The molecule has 0 unspecified atom stereocenters. The highest BCUT2D eigenvalue weighted by atomic mass is 14.4. The Morgan fingerprint density at radius 2 is 1.52 bits per heavy atom. The average molecular weight is 311 g/mol. The van der Waals surface area contributed by atoms with Crippen molar-refractivity contribution in [3.63, 3.8) is 0 Å². The fraction of sp³-hybridized carbons (Fsp3) is 0.652. The molecule has 126 valence electrons. The van der Waals surface area contributed by atoms with Crippen LogP contribution in [0.25, 0.3) is 0 Å². The van der Waals surface area contributed by atoms with Crippen molar-refractivity contribution < 1.29 is 0 Å². The summed E-state index contributed by atoms with van der Waals surface area (Å²) in [5, 5.41) is 0. The third-order valence-corrected chi connectivity index (χ3v) is 6.70. The van der Waals surface area contributed by atoms with E-state index in [0.29, 0.717) is 0 Å². The summed E-state index contributed by atoms with van der Waals surface area (Å²) in [5.41, 5.74) is 4.54. The molecular formula is C23H34. The van der Waals surface area contributed by atoms with Gasteiger partial charge in [0, 0.05) is 0 Å². The van der Waals surface area contributed by atoms with E-state index in [4.69, 9.17) is 0 Å². The maximum absolute atomic E-state index is 3.91. The topological polar surface area (TPSA) is 0 Å². The van der Waals surface area contributed by atoms with Crippen LogP contribution in [0.15, 0.2) is 30.9 Å². The average Bonchev–Trinajstić information content (AvgIpc) is 2.56. The quantitative estimate of drug-likeness (QED) is 0.527. The maximum Gasteiger partial charge on any atom is -0.0159 e. The van der Waals surface area contributed by atoms with Gasteiger partial charge >= 0.3 is 0 Å². The standard InChI is InChI=1S/C23H34/c1-4-5-19-7-9-20(10-8-19)21-11-13-22(14-12-21)23-15-6-17(2)16-18(23)3/h4,6,15-16,19-22H,1,5,7-14H2,2-3H3/t19-,20-,21?,22?. The summed E-state index contributed by atoms with van der Waals surface area (Å²) in [4.78, 5) is 0. The molecule has 1 aromatic carbocycles. The predicted molar refractivity (Wildman–Crippen MR) is 101 cm³/mol. The van der Waals surface area contributed by atoms with Gasteiger partial charge in [-0.1, -0.05) is 29.8 Å². The van der Waals surface area contributed by atoms with Gasteiger partial charge in [-0.15, -0.1) is 6.58 Å². The van der Waals surface area contributed by atoms with Crippen molar-refractivity contribution in [2.24, 2.45) is 17.8 Å². The van der Waals surface area contributed by atoms with Crippen LogP contribution in [0.3, 0.4) is 0 Å². The van der Waals surface area contributed by atoms with Crippen molar-refractivity contribution in [2.45, 2.75) is 77.6 Å². The number of rotatable bonds is 4. The zero-order chi connectivity index (χ0) is 16.2. The van der Waals surface area contributed by atoms with Crippen LogP contribution in [0.2, 0.25) is 0 Å². The summed E-state index contributed by atoms with van der Waals surface area (Å²) in [7, 11) is 0. The van der Waals surface area contributed by atoms with Crippen LogP contribution in [0, 0.1) is 31.6 Å². The summed E-state index contributed by atoms with van der Waals surface area (Å²) in [6.07, 6.45) is 15.0. The summed E-state index contributed by atoms with van der Waals surface area (Å²) >= 11 is 0. The van der Waals surface area contributed by atoms with E-state index >= 15 is 0 Å². The van der Waals surface area contributed by atoms with E-state index < -0.39 is 0 Å². The summed E-state index contributed by atoms with van der Waals surface area (Å²) < 4.78 is 0. The molecule has 0 bridgehead atoms. The second kappa shape index (κ2) is 7.69. The lowest BCUT2D eigenvalue weighted by atomic mass is 9.68. The Labute approximate surface area is 143 Å². The lowest BCUT2D eigenvalue weighted by Crippen LogP contribution is -2.25. The number of hydrogen-bond donors (Lipinski definition) is 0. The normalized spacial score (nSPS) is 31.7. The molecule has 23 heavy (non-hydrogen) atoms. The molecule has 0 nitrogen and oxygen atoms in total. The van der Waals surface area contributed by atoms with Gasteiger partial charge in [-0.3, -0.25) is 0 Å². The van der Waals surface area contributed by atoms with Gasteiger partial charge in [-0.2, -0.15) is 0 Å². The zero-order valence-corrected chi connectivity index (χ0v) is 15.2. The van der Waals surface area contributed by atoms with E-state index in [0.717, 1.165) is 23.7 Å². The smallest absolute Gasteiger partial charge is 0.0159 e. The first-order valence-electron chi connectivity index (χ1n) is 9.85. The molecule has 0 atom stereocenters. The number of aryl methyl sites for hydroxylation is 2. The van der Waals surface area contributed by atoms with Gasteiger partial charge in [0.15, 0.2) is 0 Å². The Morgan fingerprint density at radius 1 is 0.913 bits per heavy atom. The molecule has 0 aliphatic heterocycles. The fourth-order valence-electron chi connectivity index (χ4n) is 5.32. The first-order chi connectivity index (χ1) is 11.2. The van der Waals surface area contributed by atoms with Gasteiger partial charge in [0.25, 0.3) is 0 Å². The monoisotopic (exact) mass is 310 g/mol. The van der Waals surface area contributed by atoms with E-state index in [1.54, 1.807) is 5.56 Å². The Bertz CT molecular complexity index is 511. The van der Waals surface area contributed by atoms with Gasteiger partial charge in [0.05, 0.1) is 0 Å². The molecule has 0 N–H and O–H groups in total. The van der Waals surface area contributed by atoms with Crippen molar-refractivity contribution in [1.29, 1.82) is 0 Å². The largest absolute Gasteiger partial charge is 0.103 e. The highest BCUT2D eigenvalue weighted by Crippen LogP contribution is 2.44. The lowest BCUT2D eigenvalue weighted by Gasteiger charge is -2.38. The van der Waals surface area contributed by atoms with E-state index in [2.05, 4.69) is 44.7 Å². The van der Waals surface area contributed by atoms with Gasteiger partial charge in [-0.05, 0) is 106 Å². The zero-order valence-electron chi connectivity index (χ0n) is 15.2. The van der Waals surface area contributed by atoms with Crippen LogP contribution in [0.5, 0.6) is 0 Å². The number of hydrogen-bond acceptors (Lipinski definition) is 0. The van der Waals surface area contributed by atoms with Gasteiger partial charge < -0.3 is 0 Å². The molecular weight excluding hydrogens is 276 g/mol.